The molecule has 0 fully saturated rings. The number of benzene rings is 1. The first kappa shape index (κ1) is 13.8. The second kappa shape index (κ2) is 5.57. The molecule has 4 nitrogen and oxygen atoms in total. The van der Waals surface area contributed by atoms with Crippen LogP contribution >= 0.6 is 0 Å². The van der Waals surface area contributed by atoms with Crippen molar-refractivity contribution in [3.05, 3.63) is 41.8 Å². The van der Waals surface area contributed by atoms with Crippen LogP contribution in [0.4, 0.5) is 10.2 Å². The van der Waals surface area contributed by atoms with Crippen molar-refractivity contribution >= 4 is 5.82 Å². The third kappa shape index (κ3) is 2.54. The molecule has 0 unspecified atom stereocenters. The van der Waals surface area contributed by atoms with Gasteiger partial charge in [0.25, 0.3) is 0 Å². The molecule has 0 radical (unpaired) electrons. The van der Waals surface area contributed by atoms with E-state index < -0.39 is 0 Å². The zero-order valence-electron chi connectivity index (χ0n) is 11.5. The molecule has 1 aromatic carbocycles. The summed E-state index contributed by atoms with van der Waals surface area (Å²) in [7, 11) is 5.14. The minimum absolute atomic E-state index is 0.365. The van der Waals surface area contributed by atoms with Gasteiger partial charge in [-0.05, 0) is 24.3 Å². The Labute approximate surface area is 117 Å². The van der Waals surface area contributed by atoms with E-state index >= 15 is 0 Å². The lowest BCUT2D eigenvalue weighted by Gasteiger charge is -2.14. The molecule has 102 valence electrons. The Balaban J connectivity index is 2.60. The molecule has 0 aliphatic carbocycles. The van der Waals surface area contributed by atoms with E-state index in [1.165, 1.54) is 19.2 Å². The van der Waals surface area contributed by atoms with Gasteiger partial charge in [0.15, 0.2) is 0 Å². The van der Waals surface area contributed by atoms with Crippen molar-refractivity contribution in [1.29, 1.82) is 5.26 Å². The highest BCUT2D eigenvalue weighted by Gasteiger charge is 2.12. The average molecular weight is 271 g/mol. The number of hydrogen-bond donors (Lipinski definition) is 0. The summed E-state index contributed by atoms with van der Waals surface area (Å²) in [4.78, 5) is 6.01. The van der Waals surface area contributed by atoms with Crippen LogP contribution in [0.1, 0.15) is 5.56 Å². The summed E-state index contributed by atoms with van der Waals surface area (Å²) < 4.78 is 18.6. The van der Waals surface area contributed by atoms with Gasteiger partial charge in [-0.2, -0.15) is 5.26 Å². The molecular formula is C15H14FN3O. The summed E-state index contributed by atoms with van der Waals surface area (Å²) in [5.74, 6) is 0.748. The molecule has 0 atom stereocenters. The van der Waals surface area contributed by atoms with E-state index in [2.05, 4.69) is 11.1 Å². The van der Waals surface area contributed by atoms with Gasteiger partial charge < -0.3 is 9.64 Å². The van der Waals surface area contributed by atoms with Gasteiger partial charge in [-0.1, -0.05) is 0 Å². The molecule has 0 N–H and O–H groups in total. The van der Waals surface area contributed by atoms with E-state index in [9.17, 15) is 9.65 Å². The van der Waals surface area contributed by atoms with Crippen LogP contribution in [0.5, 0.6) is 5.75 Å². The number of nitrogens with zero attached hydrogens (tertiary/aromatic N) is 3. The maximum absolute atomic E-state index is 13.4. The molecule has 0 amide bonds. The highest BCUT2D eigenvalue weighted by Crippen LogP contribution is 2.32. The van der Waals surface area contributed by atoms with Crippen molar-refractivity contribution in [2.75, 3.05) is 26.1 Å². The normalized spacial score (nSPS) is 9.95. The van der Waals surface area contributed by atoms with E-state index in [0.717, 1.165) is 0 Å². The van der Waals surface area contributed by atoms with E-state index in [0.29, 0.717) is 28.3 Å². The van der Waals surface area contributed by atoms with Crippen molar-refractivity contribution in [3.8, 4) is 22.9 Å². The Morgan fingerprint density at radius 2 is 2.05 bits per heavy atom. The highest BCUT2D eigenvalue weighted by molar-refractivity contribution is 5.73. The van der Waals surface area contributed by atoms with Crippen molar-refractivity contribution in [2.45, 2.75) is 0 Å². The first-order valence-electron chi connectivity index (χ1n) is 5.98. The minimum atomic E-state index is -0.365. The number of halogens is 1. The molecule has 0 aliphatic heterocycles. The lowest BCUT2D eigenvalue weighted by atomic mass is 10.0. The quantitative estimate of drug-likeness (QED) is 0.861. The number of aromatic nitrogens is 1. The van der Waals surface area contributed by atoms with Crippen LogP contribution in [0.3, 0.4) is 0 Å². The van der Waals surface area contributed by atoms with Crippen LogP contribution in [0.15, 0.2) is 30.5 Å². The predicted molar refractivity (Wildman–Crippen MR) is 75.2 cm³/mol. The maximum atomic E-state index is 13.4. The molecule has 0 spiro atoms. The second-order valence-electron chi connectivity index (χ2n) is 4.45. The summed E-state index contributed by atoms with van der Waals surface area (Å²) in [6.07, 6.45) is 1.60. The van der Waals surface area contributed by atoms with Gasteiger partial charge in [-0.25, -0.2) is 9.37 Å². The van der Waals surface area contributed by atoms with Gasteiger partial charge in [0.2, 0.25) is 0 Å². The fourth-order valence-electron chi connectivity index (χ4n) is 1.95. The number of ether oxygens (including phenoxy) is 1. The van der Waals surface area contributed by atoms with Crippen LogP contribution in [0, 0.1) is 17.1 Å². The smallest absolute Gasteiger partial charge is 0.146 e. The topological polar surface area (TPSA) is 49.1 Å². The maximum Gasteiger partial charge on any atom is 0.146 e. The van der Waals surface area contributed by atoms with Gasteiger partial charge in [-0.15, -0.1) is 0 Å². The Morgan fingerprint density at radius 1 is 1.30 bits per heavy atom. The van der Waals surface area contributed by atoms with Crippen LogP contribution in [0.2, 0.25) is 0 Å². The lowest BCUT2D eigenvalue weighted by Crippen LogP contribution is -2.12. The van der Waals surface area contributed by atoms with E-state index in [1.54, 1.807) is 23.2 Å². The molecule has 0 saturated carbocycles. The van der Waals surface area contributed by atoms with Crippen LogP contribution in [-0.4, -0.2) is 26.2 Å². The Hall–Kier alpha value is -2.61. The lowest BCUT2D eigenvalue weighted by molar-refractivity contribution is 0.415. The van der Waals surface area contributed by atoms with Crippen LogP contribution in [-0.2, 0) is 0 Å². The van der Waals surface area contributed by atoms with E-state index in [1.807, 2.05) is 14.1 Å². The summed E-state index contributed by atoms with van der Waals surface area (Å²) in [6, 6.07) is 8.03. The standard InChI is InChI=1S/C15H14FN3O/c1-19(2)15-10(8-17)6-11(9-18-15)13-7-12(16)4-5-14(13)20-3/h4-7,9H,1-3H3. The molecule has 1 heterocycles. The van der Waals surface area contributed by atoms with Crippen LogP contribution < -0.4 is 9.64 Å². The molecule has 5 heteroatoms. The van der Waals surface area contributed by atoms with Gasteiger partial charge in [-0.3, -0.25) is 0 Å². The largest absolute Gasteiger partial charge is 0.496 e. The summed E-state index contributed by atoms with van der Waals surface area (Å²) in [5.41, 5.74) is 1.64. The first-order chi connectivity index (χ1) is 9.56. The number of anilines is 1. The molecule has 20 heavy (non-hydrogen) atoms. The summed E-state index contributed by atoms with van der Waals surface area (Å²) >= 11 is 0. The Bertz CT molecular complexity index is 677. The molecule has 0 aliphatic rings. The average Bonchev–Trinajstić information content (AvgIpc) is 2.46. The first-order valence-corrected chi connectivity index (χ1v) is 5.98. The molecule has 0 saturated heterocycles. The van der Waals surface area contributed by atoms with E-state index in [4.69, 9.17) is 4.74 Å². The molecule has 0 bridgehead atoms. The number of methoxy groups -OCH3 is 1. The molecule has 2 rings (SSSR count). The third-order valence-corrected chi connectivity index (χ3v) is 2.88. The Morgan fingerprint density at radius 3 is 2.65 bits per heavy atom. The van der Waals surface area contributed by atoms with Gasteiger partial charge in [0.1, 0.15) is 23.5 Å². The molecular weight excluding hydrogens is 257 g/mol. The fraction of sp³-hybridized carbons (Fsp3) is 0.200. The molecule has 2 aromatic rings. The number of nitriles is 1. The van der Waals surface area contributed by atoms with Gasteiger partial charge >= 0.3 is 0 Å². The summed E-state index contributed by atoms with van der Waals surface area (Å²) in [6.45, 7) is 0. The monoisotopic (exact) mass is 271 g/mol. The predicted octanol–water partition coefficient (Wildman–Crippen LogP) is 2.83. The van der Waals surface area contributed by atoms with Crippen molar-refractivity contribution in [1.82, 2.24) is 4.98 Å². The zero-order chi connectivity index (χ0) is 14.7. The zero-order valence-corrected chi connectivity index (χ0v) is 11.5. The number of rotatable bonds is 3. The van der Waals surface area contributed by atoms with Crippen LogP contribution in [0.25, 0.3) is 11.1 Å². The van der Waals surface area contributed by atoms with Crippen molar-refractivity contribution in [3.63, 3.8) is 0 Å². The molecule has 1 aromatic heterocycles. The third-order valence-electron chi connectivity index (χ3n) is 2.88. The van der Waals surface area contributed by atoms with Crippen molar-refractivity contribution in [2.24, 2.45) is 0 Å². The Kier molecular flexibility index (Phi) is 3.85. The van der Waals surface area contributed by atoms with E-state index in [-0.39, 0.29) is 5.82 Å². The number of pyridine rings is 1. The highest BCUT2D eigenvalue weighted by atomic mass is 19.1. The number of hydrogen-bond acceptors (Lipinski definition) is 4. The van der Waals surface area contributed by atoms with Crippen molar-refractivity contribution < 1.29 is 9.13 Å². The fourth-order valence-corrected chi connectivity index (χ4v) is 1.95. The van der Waals surface area contributed by atoms with Gasteiger partial charge in [0.05, 0.1) is 12.7 Å². The minimum Gasteiger partial charge on any atom is -0.496 e. The van der Waals surface area contributed by atoms with Gasteiger partial charge in [0, 0.05) is 31.4 Å². The summed E-state index contributed by atoms with van der Waals surface area (Å²) in [5, 5.41) is 9.20. The SMILES string of the molecule is COc1ccc(F)cc1-c1cnc(N(C)C)c(C#N)c1. The second-order valence-corrected chi connectivity index (χ2v) is 4.45.